The number of rotatable bonds is 6. The molecule has 7 nitrogen and oxygen atoms in total. The van der Waals surface area contributed by atoms with E-state index in [1.807, 2.05) is 0 Å². The zero-order chi connectivity index (χ0) is 14.3. The number of guanidine groups is 1. The molecule has 19 heavy (non-hydrogen) atoms. The molecule has 0 aliphatic heterocycles. The Balaban J connectivity index is 2.47. The lowest BCUT2D eigenvalue weighted by atomic mass is 10.2. The van der Waals surface area contributed by atoms with Gasteiger partial charge in [-0.25, -0.2) is 4.79 Å². The Kier molecular flexibility index (Phi) is 5.46. The van der Waals surface area contributed by atoms with Gasteiger partial charge in [0, 0.05) is 13.0 Å². The predicted octanol–water partition coefficient (Wildman–Crippen LogP) is 0.221. The third-order valence-electron chi connectivity index (χ3n) is 2.25. The summed E-state index contributed by atoms with van der Waals surface area (Å²) in [7, 11) is 1.40. The Morgan fingerprint density at radius 3 is 2.79 bits per heavy atom. The van der Waals surface area contributed by atoms with E-state index in [9.17, 15) is 9.90 Å². The van der Waals surface area contributed by atoms with Crippen molar-refractivity contribution in [3.8, 4) is 11.5 Å². The van der Waals surface area contributed by atoms with E-state index >= 15 is 0 Å². The Morgan fingerprint density at radius 1 is 1.42 bits per heavy atom. The van der Waals surface area contributed by atoms with Crippen LogP contribution in [0.5, 0.6) is 11.5 Å². The minimum Gasteiger partial charge on any atom is -0.504 e. The standard InChI is InChI=1S/C12H17N3O4/c1-18-10-7-8(3-4-9(10)16)11(17)19-6-2-5-15-12(13)14/h3-4,7,16H,2,5-6H2,1H3,(H4,13,14,15). The van der Waals surface area contributed by atoms with Crippen molar-refractivity contribution in [2.24, 2.45) is 16.5 Å². The SMILES string of the molecule is COc1cc(C(=O)OCCCN=C(N)N)ccc1O. The second-order valence-electron chi connectivity index (χ2n) is 3.68. The zero-order valence-corrected chi connectivity index (χ0v) is 10.6. The van der Waals surface area contributed by atoms with Gasteiger partial charge in [-0.05, 0) is 18.2 Å². The lowest BCUT2D eigenvalue weighted by molar-refractivity contribution is 0.0502. The first-order valence-electron chi connectivity index (χ1n) is 5.64. The average molecular weight is 267 g/mol. The molecule has 0 bridgehead atoms. The normalized spacial score (nSPS) is 9.74. The summed E-state index contributed by atoms with van der Waals surface area (Å²) in [5.74, 6) is -0.306. The molecule has 0 unspecified atom stereocenters. The lowest BCUT2D eigenvalue weighted by Crippen LogP contribution is -2.23. The number of phenolic OH excluding ortho intramolecular Hbond substituents is 1. The van der Waals surface area contributed by atoms with Gasteiger partial charge in [-0.1, -0.05) is 0 Å². The first-order chi connectivity index (χ1) is 9.04. The highest BCUT2D eigenvalue weighted by Crippen LogP contribution is 2.26. The van der Waals surface area contributed by atoms with E-state index in [1.54, 1.807) is 0 Å². The van der Waals surface area contributed by atoms with E-state index in [-0.39, 0.29) is 24.1 Å². The highest BCUT2D eigenvalue weighted by molar-refractivity contribution is 5.90. The van der Waals surface area contributed by atoms with Gasteiger partial charge >= 0.3 is 5.97 Å². The maximum atomic E-state index is 11.7. The Labute approximate surface area is 110 Å². The summed E-state index contributed by atoms with van der Waals surface area (Å²) in [4.78, 5) is 15.4. The maximum absolute atomic E-state index is 11.7. The fourth-order valence-electron chi connectivity index (χ4n) is 1.33. The van der Waals surface area contributed by atoms with Crippen molar-refractivity contribution in [2.75, 3.05) is 20.3 Å². The summed E-state index contributed by atoms with van der Waals surface area (Å²) < 4.78 is 9.92. The second-order valence-corrected chi connectivity index (χ2v) is 3.68. The molecule has 0 saturated carbocycles. The zero-order valence-electron chi connectivity index (χ0n) is 10.6. The van der Waals surface area contributed by atoms with Gasteiger partial charge in [-0.3, -0.25) is 4.99 Å². The van der Waals surface area contributed by atoms with Gasteiger partial charge in [0.1, 0.15) is 0 Å². The molecule has 0 aliphatic rings. The molecule has 1 aromatic rings. The maximum Gasteiger partial charge on any atom is 0.338 e. The van der Waals surface area contributed by atoms with Gasteiger partial charge in [0.25, 0.3) is 0 Å². The van der Waals surface area contributed by atoms with E-state index < -0.39 is 5.97 Å². The van der Waals surface area contributed by atoms with E-state index in [4.69, 9.17) is 20.9 Å². The molecule has 0 radical (unpaired) electrons. The largest absolute Gasteiger partial charge is 0.504 e. The third kappa shape index (κ3) is 4.74. The predicted molar refractivity (Wildman–Crippen MR) is 70.2 cm³/mol. The number of ether oxygens (including phenoxy) is 2. The molecule has 0 aliphatic carbocycles. The fourth-order valence-corrected chi connectivity index (χ4v) is 1.33. The molecule has 0 atom stereocenters. The number of aromatic hydroxyl groups is 1. The van der Waals surface area contributed by atoms with Gasteiger partial charge < -0.3 is 26.0 Å². The number of nitrogens with two attached hydrogens (primary N) is 2. The van der Waals surface area contributed by atoms with Crippen molar-refractivity contribution in [3.63, 3.8) is 0 Å². The van der Waals surface area contributed by atoms with Crippen molar-refractivity contribution in [1.82, 2.24) is 0 Å². The summed E-state index contributed by atoms with van der Waals surface area (Å²) >= 11 is 0. The number of hydrogen-bond acceptors (Lipinski definition) is 5. The lowest BCUT2D eigenvalue weighted by Gasteiger charge is -2.07. The van der Waals surface area contributed by atoms with Gasteiger partial charge in [-0.15, -0.1) is 0 Å². The van der Waals surface area contributed by atoms with Crippen LogP contribution in [0.2, 0.25) is 0 Å². The van der Waals surface area contributed by atoms with Gasteiger partial charge in [0.2, 0.25) is 0 Å². The minimum atomic E-state index is -0.497. The monoisotopic (exact) mass is 267 g/mol. The highest BCUT2D eigenvalue weighted by atomic mass is 16.5. The molecule has 0 saturated heterocycles. The average Bonchev–Trinajstić information content (AvgIpc) is 2.38. The van der Waals surface area contributed by atoms with Crippen molar-refractivity contribution in [1.29, 1.82) is 0 Å². The van der Waals surface area contributed by atoms with Crippen molar-refractivity contribution in [2.45, 2.75) is 6.42 Å². The van der Waals surface area contributed by atoms with Crippen LogP contribution in [0.15, 0.2) is 23.2 Å². The Bertz CT molecular complexity index is 470. The molecule has 0 heterocycles. The van der Waals surface area contributed by atoms with Crippen LogP contribution in [0.3, 0.4) is 0 Å². The van der Waals surface area contributed by atoms with Crippen molar-refractivity contribution >= 4 is 11.9 Å². The van der Waals surface area contributed by atoms with E-state index in [1.165, 1.54) is 25.3 Å². The molecule has 5 N–H and O–H groups in total. The highest BCUT2D eigenvalue weighted by Gasteiger charge is 2.10. The number of aliphatic imine (C=N–C) groups is 1. The van der Waals surface area contributed by atoms with Crippen LogP contribution in [-0.4, -0.2) is 37.3 Å². The number of esters is 1. The van der Waals surface area contributed by atoms with E-state index in [0.29, 0.717) is 18.5 Å². The number of nitrogens with zero attached hydrogens (tertiary/aromatic N) is 1. The van der Waals surface area contributed by atoms with Crippen LogP contribution in [0.4, 0.5) is 0 Å². The van der Waals surface area contributed by atoms with Crippen LogP contribution >= 0.6 is 0 Å². The molecule has 104 valence electrons. The molecule has 1 rings (SSSR count). The van der Waals surface area contributed by atoms with Gasteiger partial charge in [-0.2, -0.15) is 0 Å². The molecule has 7 heteroatoms. The number of methoxy groups -OCH3 is 1. The Hall–Kier alpha value is -2.44. The fraction of sp³-hybridized carbons (Fsp3) is 0.333. The topological polar surface area (TPSA) is 120 Å². The van der Waals surface area contributed by atoms with Crippen LogP contribution in [0.1, 0.15) is 16.8 Å². The molecular formula is C12H17N3O4. The quantitative estimate of drug-likeness (QED) is 0.293. The molecule has 0 amide bonds. The van der Waals surface area contributed by atoms with Crippen LogP contribution in [0.25, 0.3) is 0 Å². The number of hydrogen-bond donors (Lipinski definition) is 3. The first-order valence-corrected chi connectivity index (χ1v) is 5.64. The second kappa shape index (κ2) is 7.10. The van der Waals surface area contributed by atoms with Gasteiger partial charge in [0.15, 0.2) is 17.5 Å². The first kappa shape index (κ1) is 14.6. The van der Waals surface area contributed by atoms with Crippen molar-refractivity contribution < 1.29 is 19.4 Å². The van der Waals surface area contributed by atoms with E-state index in [2.05, 4.69) is 4.99 Å². The van der Waals surface area contributed by atoms with Crippen LogP contribution in [0, 0.1) is 0 Å². The number of benzene rings is 1. The Morgan fingerprint density at radius 2 is 2.16 bits per heavy atom. The van der Waals surface area contributed by atoms with Crippen LogP contribution < -0.4 is 16.2 Å². The summed E-state index contributed by atoms with van der Waals surface area (Å²) in [5, 5.41) is 9.40. The summed E-state index contributed by atoms with van der Waals surface area (Å²) in [6.45, 7) is 0.604. The molecule has 1 aromatic carbocycles. The van der Waals surface area contributed by atoms with Crippen LogP contribution in [-0.2, 0) is 4.74 Å². The molecule has 0 fully saturated rings. The van der Waals surface area contributed by atoms with E-state index in [0.717, 1.165) is 0 Å². The third-order valence-corrected chi connectivity index (χ3v) is 2.25. The number of carbonyl (C=O) groups excluding carboxylic acids is 1. The molecule has 0 spiro atoms. The molecule has 0 aromatic heterocycles. The number of phenols is 1. The smallest absolute Gasteiger partial charge is 0.338 e. The minimum absolute atomic E-state index is 0.00889. The van der Waals surface area contributed by atoms with Crippen molar-refractivity contribution in [3.05, 3.63) is 23.8 Å². The summed E-state index contributed by atoms with van der Waals surface area (Å²) in [5.41, 5.74) is 10.6. The molecular weight excluding hydrogens is 250 g/mol. The summed E-state index contributed by atoms with van der Waals surface area (Å²) in [6.07, 6.45) is 0.527. The summed E-state index contributed by atoms with van der Waals surface area (Å²) in [6, 6.07) is 4.23. The van der Waals surface area contributed by atoms with Gasteiger partial charge in [0.05, 0.1) is 19.3 Å². The number of carbonyl (C=O) groups is 1.